The van der Waals surface area contributed by atoms with Crippen molar-refractivity contribution in [2.24, 2.45) is 7.05 Å². The third-order valence-electron chi connectivity index (χ3n) is 4.17. The molecular formula is C14H23N3O3. The molecule has 0 aromatic carbocycles. The number of methoxy groups -OCH3 is 1. The van der Waals surface area contributed by atoms with Gasteiger partial charge in [0.05, 0.1) is 38.1 Å². The average molecular weight is 281 g/mol. The quantitative estimate of drug-likeness (QED) is 0.829. The van der Waals surface area contributed by atoms with E-state index in [0.717, 1.165) is 49.6 Å². The highest BCUT2D eigenvalue weighted by Gasteiger charge is 2.40. The van der Waals surface area contributed by atoms with E-state index in [-0.39, 0.29) is 5.79 Å². The number of nitrogens with zero attached hydrogens (tertiary/aromatic N) is 3. The first kappa shape index (κ1) is 13.9. The fraction of sp³-hybridized carbons (Fsp3) is 0.786. The molecule has 0 radical (unpaired) electrons. The van der Waals surface area contributed by atoms with Crippen LogP contribution < -0.4 is 4.74 Å². The molecule has 0 amide bonds. The molecule has 0 bridgehead atoms. The van der Waals surface area contributed by atoms with Crippen LogP contribution in [0.1, 0.15) is 24.1 Å². The lowest BCUT2D eigenvalue weighted by atomic mass is 10.0. The lowest BCUT2D eigenvalue weighted by Crippen LogP contribution is -2.48. The van der Waals surface area contributed by atoms with E-state index in [1.807, 2.05) is 14.0 Å². The van der Waals surface area contributed by atoms with Gasteiger partial charge >= 0.3 is 0 Å². The Morgan fingerprint density at radius 3 is 2.80 bits per heavy atom. The highest BCUT2D eigenvalue weighted by molar-refractivity contribution is 5.30. The Balaban J connectivity index is 1.74. The van der Waals surface area contributed by atoms with E-state index in [1.54, 1.807) is 11.8 Å². The van der Waals surface area contributed by atoms with Gasteiger partial charge in [-0.05, 0) is 19.9 Å². The molecule has 6 heteroatoms. The molecule has 0 saturated carbocycles. The van der Waals surface area contributed by atoms with Crippen LogP contribution in [0.2, 0.25) is 0 Å². The summed E-state index contributed by atoms with van der Waals surface area (Å²) >= 11 is 0. The predicted octanol–water partition coefficient (Wildman–Crippen LogP) is 1.08. The molecule has 1 aromatic heterocycles. The fourth-order valence-corrected chi connectivity index (χ4v) is 3.28. The Morgan fingerprint density at radius 1 is 1.35 bits per heavy atom. The van der Waals surface area contributed by atoms with Gasteiger partial charge in [0, 0.05) is 20.0 Å². The van der Waals surface area contributed by atoms with Crippen molar-refractivity contribution >= 4 is 0 Å². The Hall–Kier alpha value is -1.11. The SMILES string of the molecule is COc1c(CN2CCCC3(C2)OCCO3)c(C)nn1C. The van der Waals surface area contributed by atoms with Crippen molar-refractivity contribution in [3.63, 3.8) is 0 Å². The first-order valence-electron chi connectivity index (χ1n) is 7.20. The molecule has 1 spiro atoms. The minimum atomic E-state index is -0.373. The zero-order valence-corrected chi connectivity index (χ0v) is 12.5. The number of piperidine rings is 1. The number of ether oxygens (including phenoxy) is 3. The molecule has 20 heavy (non-hydrogen) atoms. The largest absolute Gasteiger partial charge is 0.481 e. The summed E-state index contributed by atoms with van der Waals surface area (Å²) in [6.45, 7) is 6.17. The summed E-state index contributed by atoms with van der Waals surface area (Å²) in [4.78, 5) is 2.38. The Labute approximate surface area is 119 Å². The summed E-state index contributed by atoms with van der Waals surface area (Å²) in [5, 5.41) is 4.44. The van der Waals surface area contributed by atoms with Gasteiger partial charge in [0.1, 0.15) is 0 Å². The van der Waals surface area contributed by atoms with Gasteiger partial charge in [0.2, 0.25) is 5.88 Å². The van der Waals surface area contributed by atoms with E-state index in [4.69, 9.17) is 14.2 Å². The molecule has 1 aromatic rings. The molecule has 2 saturated heterocycles. The smallest absolute Gasteiger partial charge is 0.216 e. The lowest BCUT2D eigenvalue weighted by molar-refractivity contribution is -0.190. The standard InChI is InChI=1S/C14H23N3O3/c1-11-12(13(18-3)16(2)15-11)9-17-6-4-5-14(10-17)19-7-8-20-14/h4-10H2,1-3H3. The molecule has 0 aliphatic carbocycles. The van der Waals surface area contributed by atoms with Crippen molar-refractivity contribution < 1.29 is 14.2 Å². The van der Waals surface area contributed by atoms with Crippen LogP contribution in [-0.4, -0.2) is 53.9 Å². The van der Waals surface area contributed by atoms with Crippen molar-refractivity contribution in [2.75, 3.05) is 33.4 Å². The predicted molar refractivity (Wildman–Crippen MR) is 73.6 cm³/mol. The van der Waals surface area contributed by atoms with Crippen LogP contribution in [0.15, 0.2) is 0 Å². The molecule has 3 heterocycles. The van der Waals surface area contributed by atoms with Gasteiger partial charge in [-0.25, -0.2) is 4.68 Å². The summed E-state index contributed by atoms with van der Waals surface area (Å²) in [7, 11) is 3.61. The zero-order chi connectivity index (χ0) is 14.2. The maximum atomic E-state index is 5.83. The second-order valence-electron chi connectivity index (χ2n) is 5.62. The Bertz CT molecular complexity index is 480. The van der Waals surface area contributed by atoms with Gasteiger partial charge in [-0.1, -0.05) is 0 Å². The minimum absolute atomic E-state index is 0.373. The summed E-state index contributed by atoms with van der Waals surface area (Å²) < 4.78 is 18.9. The van der Waals surface area contributed by atoms with Crippen LogP contribution in [0.25, 0.3) is 0 Å². The molecule has 2 fully saturated rings. The summed E-state index contributed by atoms with van der Waals surface area (Å²) in [5.74, 6) is 0.470. The van der Waals surface area contributed by atoms with E-state index in [1.165, 1.54) is 0 Å². The van der Waals surface area contributed by atoms with Crippen LogP contribution in [0.5, 0.6) is 5.88 Å². The Morgan fingerprint density at radius 2 is 2.10 bits per heavy atom. The minimum Gasteiger partial charge on any atom is -0.481 e. The first-order chi connectivity index (χ1) is 9.63. The normalized spacial score (nSPS) is 22.6. The molecule has 2 aliphatic rings. The summed E-state index contributed by atoms with van der Waals surface area (Å²) in [5.41, 5.74) is 2.18. The maximum absolute atomic E-state index is 5.83. The molecule has 2 aliphatic heterocycles. The highest BCUT2D eigenvalue weighted by Crippen LogP contribution is 2.32. The maximum Gasteiger partial charge on any atom is 0.216 e. The van der Waals surface area contributed by atoms with Crippen LogP contribution in [-0.2, 0) is 23.1 Å². The number of aryl methyl sites for hydroxylation is 2. The van der Waals surface area contributed by atoms with Crippen LogP contribution in [0, 0.1) is 6.92 Å². The van der Waals surface area contributed by atoms with Gasteiger partial charge in [-0.3, -0.25) is 4.90 Å². The highest BCUT2D eigenvalue weighted by atomic mass is 16.7. The number of likely N-dealkylation sites (tertiary alicyclic amines) is 1. The number of hydrogen-bond acceptors (Lipinski definition) is 5. The molecule has 3 rings (SSSR count). The summed E-state index contributed by atoms with van der Waals surface area (Å²) in [6, 6.07) is 0. The lowest BCUT2D eigenvalue weighted by Gasteiger charge is -2.38. The molecule has 6 nitrogen and oxygen atoms in total. The van der Waals surface area contributed by atoms with Crippen LogP contribution in [0.4, 0.5) is 0 Å². The van der Waals surface area contributed by atoms with Crippen LogP contribution >= 0.6 is 0 Å². The van der Waals surface area contributed by atoms with Gasteiger partial charge in [-0.2, -0.15) is 5.10 Å². The van der Waals surface area contributed by atoms with E-state index in [2.05, 4.69) is 10.00 Å². The van der Waals surface area contributed by atoms with Gasteiger partial charge < -0.3 is 14.2 Å². The number of hydrogen-bond donors (Lipinski definition) is 0. The molecule has 0 N–H and O–H groups in total. The molecule has 0 unspecified atom stereocenters. The van der Waals surface area contributed by atoms with Gasteiger partial charge in [-0.15, -0.1) is 0 Å². The van der Waals surface area contributed by atoms with Gasteiger partial charge in [0.25, 0.3) is 0 Å². The van der Waals surface area contributed by atoms with Crippen molar-refractivity contribution in [2.45, 2.75) is 32.1 Å². The molecule has 0 atom stereocenters. The number of rotatable bonds is 3. The van der Waals surface area contributed by atoms with E-state index in [0.29, 0.717) is 13.2 Å². The van der Waals surface area contributed by atoms with Crippen molar-refractivity contribution in [3.05, 3.63) is 11.3 Å². The molecule has 112 valence electrons. The van der Waals surface area contributed by atoms with E-state index in [9.17, 15) is 0 Å². The van der Waals surface area contributed by atoms with Gasteiger partial charge in [0.15, 0.2) is 5.79 Å². The van der Waals surface area contributed by atoms with Crippen molar-refractivity contribution in [1.29, 1.82) is 0 Å². The average Bonchev–Trinajstić information content (AvgIpc) is 2.96. The third kappa shape index (κ3) is 2.43. The summed E-state index contributed by atoms with van der Waals surface area (Å²) in [6.07, 6.45) is 2.09. The fourth-order valence-electron chi connectivity index (χ4n) is 3.28. The first-order valence-corrected chi connectivity index (χ1v) is 7.20. The van der Waals surface area contributed by atoms with Crippen molar-refractivity contribution in [1.82, 2.24) is 14.7 Å². The number of aromatic nitrogens is 2. The Kier molecular flexibility index (Phi) is 3.70. The zero-order valence-electron chi connectivity index (χ0n) is 12.5. The van der Waals surface area contributed by atoms with E-state index >= 15 is 0 Å². The van der Waals surface area contributed by atoms with Crippen molar-refractivity contribution in [3.8, 4) is 5.88 Å². The second kappa shape index (κ2) is 5.35. The topological polar surface area (TPSA) is 48.8 Å². The third-order valence-corrected chi connectivity index (χ3v) is 4.17. The second-order valence-corrected chi connectivity index (χ2v) is 5.62. The van der Waals surface area contributed by atoms with Crippen LogP contribution in [0.3, 0.4) is 0 Å². The molecular weight excluding hydrogens is 258 g/mol. The monoisotopic (exact) mass is 281 g/mol. The van der Waals surface area contributed by atoms with E-state index < -0.39 is 0 Å².